The van der Waals surface area contributed by atoms with E-state index in [0.717, 1.165) is 21.9 Å². The minimum Gasteiger partial charge on any atom is -0.456 e. The minimum atomic E-state index is -0.521. The quantitative estimate of drug-likeness (QED) is 0.343. The maximum absolute atomic E-state index is 13.4. The molecule has 0 radical (unpaired) electrons. The molecule has 1 heterocycles. The topological polar surface area (TPSA) is 43.4 Å². The SMILES string of the molecule is O=C1C(=O)c2ccccc2C2=C1C(c1ccc(Cl)cc1)c1c(ccc3ccccc13)O2. The molecule has 2 aliphatic rings. The second-order valence-corrected chi connectivity index (χ2v) is 8.17. The Labute approximate surface area is 183 Å². The largest absolute Gasteiger partial charge is 0.456 e. The smallest absolute Gasteiger partial charge is 0.234 e. The van der Waals surface area contributed by atoms with Crippen molar-refractivity contribution >= 4 is 39.7 Å². The Bertz CT molecular complexity index is 1450. The standard InChI is InChI=1S/C27H15ClO3/c28-17-12-9-16(10-13-17)22-23-18-6-2-1-5-15(18)11-14-21(23)31-27-20-8-4-3-7-19(20)25(29)26(30)24(22)27/h1-14,22H. The van der Waals surface area contributed by atoms with Gasteiger partial charge in [0.15, 0.2) is 0 Å². The average Bonchev–Trinajstić information content (AvgIpc) is 2.81. The van der Waals surface area contributed by atoms with Gasteiger partial charge >= 0.3 is 0 Å². The van der Waals surface area contributed by atoms with Crippen molar-refractivity contribution in [2.45, 2.75) is 5.92 Å². The molecule has 0 fully saturated rings. The number of Topliss-reactive ketones (excluding diaryl/α,β-unsaturated/α-hetero) is 2. The van der Waals surface area contributed by atoms with Gasteiger partial charge in [0.1, 0.15) is 11.5 Å². The lowest BCUT2D eigenvalue weighted by Gasteiger charge is -2.34. The highest BCUT2D eigenvalue weighted by atomic mass is 35.5. The van der Waals surface area contributed by atoms with E-state index < -0.39 is 17.5 Å². The van der Waals surface area contributed by atoms with E-state index in [1.165, 1.54) is 0 Å². The molecule has 0 saturated heterocycles. The molecule has 0 amide bonds. The fourth-order valence-electron chi connectivity index (χ4n) is 4.65. The Balaban J connectivity index is 1.72. The molecule has 148 valence electrons. The van der Waals surface area contributed by atoms with Gasteiger partial charge in [0, 0.05) is 27.6 Å². The summed E-state index contributed by atoms with van der Waals surface area (Å²) in [4.78, 5) is 26.4. The van der Waals surface area contributed by atoms with E-state index in [1.54, 1.807) is 24.3 Å². The average molecular weight is 423 g/mol. The second kappa shape index (κ2) is 6.66. The first-order chi connectivity index (χ1) is 15.1. The lowest BCUT2D eigenvalue weighted by molar-refractivity contribution is -0.112. The first-order valence-corrected chi connectivity index (χ1v) is 10.4. The lowest BCUT2D eigenvalue weighted by atomic mass is 9.74. The van der Waals surface area contributed by atoms with E-state index >= 15 is 0 Å². The molecule has 0 bridgehead atoms. The van der Waals surface area contributed by atoms with Crippen molar-refractivity contribution in [1.82, 2.24) is 0 Å². The van der Waals surface area contributed by atoms with Crippen molar-refractivity contribution in [3.8, 4) is 5.75 Å². The lowest BCUT2D eigenvalue weighted by Crippen LogP contribution is -2.31. The molecule has 4 aromatic rings. The zero-order valence-electron chi connectivity index (χ0n) is 16.3. The number of hydrogen-bond donors (Lipinski definition) is 0. The van der Waals surface area contributed by atoms with Crippen molar-refractivity contribution in [2.75, 3.05) is 0 Å². The molecule has 31 heavy (non-hydrogen) atoms. The summed E-state index contributed by atoms with van der Waals surface area (Å²) in [6.45, 7) is 0. The van der Waals surface area contributed by atoms with Gasteiger partial charge in [-0.3, -0.25) is 9.59 Å². The third-order valence-electron chi connectivity index (χ3n) is 6.04. The first-order valence-electron chi connectivity index (χ1n) is 10.0. The summed E-state index contributed by atoms with van der Waals surface area (Å²) >= 11 is 6.14. The fraction of sp³-hybridized carbons (Fsp3) is 0.0370. The molecule has 3 nitrogen and oxygen atoms in total. The van der Waals surface area contributed by atoms with Gasteiger partial charge in [-0.2, -0.15) is 0 Å². The van der Waals surface area contributed by atoms with Crippen LogP contribution in [0.4, 0.5) is 0 Å². The second-order valence-electron chi connectivity index (χ2n) is 7.73. The number of carbonyl (C=O) groups excluding carboxylic acids is 2. The summed E-state index contributed by atoms with van der Waals surface area (Å²) in [5.74, 6) is -0.308. The van der Waals surface area contributed by atoms with Crippen LogP contribution in [0.2, 0.25) is 5.02 Å². The first kappa shape index (κ1) is 18.1. The summed E-state index contributed by atoms with van der Waals surface area (Å²) in [6, 6.07) is 26.5. The molecule has 0 spiro atoms. The van der Waals surface area contributed by atoms with Crippen LogP contribution in [0.25, 0.3) is 16.5 Å². The monoisotopic (exact) mass is 422 g/mol. The van der Waals surface area contributed by atoms with E-state index in [9.17, 15) is 9.59 Å². The van der Waals surface area contributed by atoms with Crippen molar-refractivity contribution in [3.63, 3.8) is 0 Å². The summed E-state index contributed by atoms with van der Waals surface area (Å²) in [7, 11) is 0. The maximum atomic E-state index is 13.4. The summed E-state index contributed by atoms with van der Waals surface area (Å²) in [5.41, 5.74) is 3.19. The molecule has 0 aromatic heterocycles. The number of carbonyl (C=O) groups is 2. The van der Waals surface area contributed by atoms with Gasteiger partial charge in [-0.1, -0.05) is 78.3 Å². The van der Waals surface area contributed by atoms with Gasteiger partial charge in [0.05, 0.1) is 5.57 Å². The number of ketones is 2. The number of fused-ring (bicyclic) bond motifs is 5. The third kappa shape index (κ3) is 2.60. The summed E-state index contributed by atoms with van der Waals surface area (Å²) in [5, 5.41) is 2.65. The molecular weight excluding hydrogens is 408 g/mol. The number of halogens is 1. The van der Waals surface area contributed by atoms with E-state index in [2.05, 4.69) is 0 Å². The number of benzene rings is 4. The maximum Gasteiger partial charge on any atom is 0.234 e. The molecule has 4 heteroatoms. The zero-order valence-corrected chi connectivity index (χ0v) is 17.0. The number of ether oxygens (including phenoxy) is 1. The molecule has 1 aliphatic heterocycles. The Morgan fingerprint density at radius 2 is 1.42 bits per heavy atom. The van der Waals surface area contributed by atoms with Crippen LogP contribution < -0.4 is 4.74 Å². The van der Waals surface area contributed by atoms with Crippen molar-refractivity contribution < 1.29 is 14.3 Å². The minimum absolute atomic E-state index is 0.380. The van der Waals surface area contributed by atoms with E-state index in [4.69, 9.17) is 16.3 Å². The van der Waals surface area contributed by atoms with E-state index in [0.29, 0.717) is 33.2 Å². The van der Waals surface area contributed by atoms with E-state index in [-0.39, 0.29) is 0 Å². The van der Waals surface area contributed by atoms with Gasteiger partial charge in [-0.25, -0.2) is 0 Å². The summed E-state index contributed by atoms with van der Waals surface area (Å²) in [6.07, 6.45) is 0. The van der Waals surface area contributed by atoms with Crippen LogP contribution in [-0.4, -0.2) is 11.6 Å². The molecule has 1 aliphatic carbocycles. The van der Waals surface area contributed by atoms with Crippen LogP contribution in [-0.2, 0) is 4.79 Å². The van der Waals surface area contributed by atoms with Gasteiger partial charge in [-0.05, 0) is 34.5 Å². The van der Waals surface area contributed by atoms with Gasteiger partial charge in [0.2, 0.25) is 11.6 Å². The van der Waals surface area contributed by atoms with Crippen LogP contribution in [0, 0.1) is 0 Å². The summed E-state index contributed by atoms with van der Waals surface area (Å²) < 4.78 is 6.35. The highest BCUT2D eigenvalue weighted by Gasteiger charge is 2.43. The van der Waals surface area contributed by atoms with Crippen molar-refractivity contribution in [1.29, 1.82) is 0 Å². The third-order valence-corrected chi connectivity index (χ3v) is 6.29. The fourth-order valence-corrected chi connectivity index (χ4v) is 4.78. The predicted molar refractivity (Wildman–Crippen MR) is 121 cm³/mol. The number of rotatable bonds is 1. The Morgan fingerprint density at radius 3 is 2.23 bits per heavy atom. The molecule has 1 atom stereocenters. The van der Waals surface area contributed by atoms with Gasteiger partial charge < -0.3 is 4.74 Å². The van der Waals surface area contributed by atoms with Gasteiger partial charge in [-0.15, -0.1) is 0 Å². The van der Waals surface area contributed by atoms with Crippen LogP contribution in [0.5, 0.6) is 5.75 Å². The van der Waals surface area contributed by atoms with Crippen molar-refractivity contribution in [2.24, 2.45) is 0 Å². The van der Waals surface area contributed by atoms with Gasteiger partial charge in [0.25, 0.3) is 0 Å². The van der Waals surface area contributed by atoms with Crippen molar-refractivity contribution in [3.05, 3.63) is 118 Å². The number of allylic oxidation sites excluding steroid dienone is 1. The molecular formula is C27H15ClO3. The molecule has 1 unspecified atom stereocenters. The van der Waals surface area contributed by atoms with E-state index in [1.807, 2.05) is 60.7 Å². The highest BCUT2D eigenvalue weighted by Crippen LogP contribution is 2.50. The zero-order chi connectivity index (χ0) is 21.1. The molecule has 4 aromatic carbocycles. The molecule has 0 N–H and O–H groups in total. The van der Waals surface area contributed by atoms with Crippen LogP contribution in [0.3, 0.4) is 0 Å². The predicted octanol–water partition coefficient (Wildman–Crippen LogP) is 6.19. The molecule has 0 saturated carbocycles. The highest BCUT2D eigenvalue weighted by molar-refractivity contribution is 6.52. The van der Waals surface area contributed by atoms with Crippen LogP contribution >= 0.6 is 11.6 Å². The Kier molecular flexibility index (Phi) is 3.89. The Morgan fingerprint density at radius 1 is 0.710 bits per heavy atom. The normalized spacial score (nSPS) is 17.1. The van der Waals surface area contributed by atoms with Crippen LogP contribution in [0.15, 0.2) is 90.5 Å². The molecule has 6 rings (SSSR count). The van der Waals surface area contributed by atoms with Crippen LogP contribution in [0.1, 0.15) is 33.0 Å². The number of hydrogen-bond acceptors (Lipinski definition) is 3. The Hall–Kier alpha value is -3.69.